The number of halogens is 3. The minimum atomic E-state index is -0.640. The summed E-state index contributed by atoms with van der Waals surface area (Å²) in [5.74, 6) is -0.993. The highest BCUT2D eigenvalue weighted by atomic mass is 79.9. The third kappa shape index (κ3) is 2.77. The molecule has 0 aliphatic carbocycles. The fourth-order valence-corrected chi connectivity index (χ4v) is 1.35. The highest BCUT2D eigenvalue weighted by molar-refractivity contribution is 9.10. The van der Waals surface area contributed by atoms with Crippen molar-refractivity contribution in [3.63, 3.8) is 0 Å². The first kappa shape index (κ1) is 11.1. The summed E-state index contributed by atoms with van der Waals surface area (Å²) in [6.45, 7) is -0.708. The molecule has 0 saturated heterocycles. The number of amides is 1. The fourth-order valence-electron chi connectivity index (χ4n) is 0.928. The first-order chi connectivity index (χ1) is 6.65. The van der Waals surface area contributed by atoms with Gasteiger partial charge in [-0.25, -0.2) is 8.78 Å². The molecule has 1 rings (SSSR count). The van der Waals surface area contributed by atoms with Gasteiger partial charge in [0.2, 0.25) is 0 Å². The fraction of sp³-hybridized carbons (Fsp3) is 0.222. The van der Waals surface area contributed by atoms with Crippen molar-refractivity contribution in [2.45, 2.75) is 0 Å². The quantitative estimate of drug-likeness (QED) is 0.891. The molecular weight excluding hydrogens is 256 g/mol. The van der Waals surface area contributed by atoms with Crippen molar-refractivity contribution in [2.24, 2.45) is 0 Å². The lowest BCUT2D eigenvalue weighted by molar-refractivity contribution is 0.0949. The molecule has 0 spiro atoms. The topological polar surface area (TPSA) is 29.1 Å². The Morgan fingerprint density at radius 2 is 2.21 bits per heavy atom. The first-order valence-corrected chi connectivity index (χ1v) is 4.73. The van der Waals surface area contributed by atoms with Crippen molar-refractivity contribution in [3.8, 4) is 0 Å². The Bertz CT molecular complexity index is 344. The van der Waals surface area contributed by atoms with Gasteiger partial charge in [0.25, 0.3) is 5.91 Å². The third-order valence-electron chi connectivity index (χ3n) is 1.55. The molecule has 2 nitrogen and oxygen atoms in total. The van der Waals surface area contributed by atoms with Crippen LogP contribution in [0, 0.1) is 5.82 Å². The molecule has 0 aliphatic rings. The molecule has 1 N–H and O–H groups in total. The maximum absolute atomic E-state index is 12.8. The highest BCUT2D eigenvalue weighted by Gasteiger charge is 2.09. The van der Waals surface area contributed by atoms with E-state index in [9.17, 15) is 13.6 Å². The minimum Gasteiger partial charge on any atom is -0.349 e. The molecular formula is C9H8BrF2NO. The van der Waals surface area contributed by atoms with Gasteiger partial charge >= 0.3 is 0 Å². The van der Waals surface area contributed by atoms with Crippen molar-refractivity contribution in [1.29, 1.82) is 0 Å². The van der Waals surface area contributed by atoms with Crippen LogP contribution in [0.2, 0.25) is 0 Å². The third-order valence-corrected chi connectivity index (χ3v) is 2.24. The van der Waals surface area contributed by atoms with E-state index in [1.54, 1.807) is 0 Å². The Morgan fingerprint density at radius 3 is 2.86 bits per heavy atom. The Labute approximate surface area is 88.4 Å². The van der Waals surface area contributed by atoms with E-state index in [0.717, 1.165) is 6.07 Å². The van der Waals surface area contributed by atoms with Crippen molar-refractivity contribution in [3.05, 3.63) is 34.1 Å². The molecule has 0 heterocycles. The maximum atomic E-state index is 12.8. The predicted octanol–water partition coefficient (Wildman–Crippen LogP) is 2.29. The second kappa shape index (κ2) is 5.05. The molecule has 1 aromatic rings. The van der Waals surface area contributed by atoms with Crippen LogP contribution in [-0.4, -0.2) is 19.1 Å². The summed E-state index contributed by atoms with van der Waals surface area (Å²) >= 11 is 3.10. The van der Waals surface area contributed by atoms with Crippen LogP contribution in [0.25, 0.3) is 0 Å². The van der Waals surface area contributed by atoms with Crippen LogP contribution in [0.15, 0.2) is 22.7 Å². The molecule has 0 atom stereocenters. The summed E-state index contributed by atoms with van der Waals surface area (Å²) in [5.41, 5.74) is 0.165. The number of nitrogens with one attached hydrogen (secondary N) is 1. The van der Waals surface area contributed by atoms with Gasteiger partial charge in [0.05, 0.1) is 5.56 Å². The lowest BCUT2D eigenvalue weighted by atomic mass is 10.2. The van der Waals surface area contributed by atoms with Crippen molar-refractivity contribution in [2.75, 3.05) is 13.2 Å². The smallest absolute Gasteiger partial charge is 0.252 e. The first-order valence-electron chi connectivity index (χ1n) is 3.94. The molecule has 1 amide bonds. The second-order valence-corrected chi connectivity index (χ2v) is 3.42. The zero-order valence-corrected chi connectivity index (χ0v) is 8.77. The Balaban J connectivity index is 2.83. The van der Waals surface area contributed by atoms with Gasteiger partial charge in [0.15, 0.2) is 0 Å². The molecule has 76 valence electrons. The number of carbonyl (C=O) groups is 1. The van der Waals surface area contributed by atoms with Crippen LogP contribution in [0.4, 0.5) is 8.78 Å². The summed E-state index contributed by atoms with van der Waals surface area (Å²) in [7, 11) is 0. The average Bonchev–Trinajstić information content (AvgIpc) is 2.18. The number of hydrogen-bond donors (Lipinski definition) is 1. The Hall–Kier alpha value is -0.970. The summed E-state index contributed by atoms with van der Waals surface area (Å²) < 4.78 is 25.0. The van der Waals surface area contributed by atoms with Crippen LogP contribution in [0.5, 0.6) is 0 Å². The normalized spacial score (nSPS) is 9.93. The molecule has 0 aliphatic heterocycles. The molecule has 0 aromatic heterocycles. The average molecular weight is 264 g/mol. The SMILES string of the molecule is O=C(NCCF)c1cc(F)ccc1Br. The van der Waals surface area contributed by atoms with Gasteiger partial charge in [0.1, 0.15) is 12.5 Å². The van der Waals surface area contributed by atoms with Crippen molar-refractivity contribution in [1.82, 2.24) is 5.32 Å². The van der Waals surface area contributed by atoms with E-state index in [-0.39, 0.29) is 12.1 Å². The van der Waals surface area contributed by atoms with Crippen LogP contribution < -0.4 is 5.32 Å². The predicted molar refractivity (Wildman–Crippen MR) is 52.4 cm³/mol. The van der Waals surface area contributed by atoms with Crippen molar-refractivity contribution < 1.29 is 13.6 Å². The van der Waals surface area contributed by atoms with E-state index in [0.29, 0.717) is 4.47 Å². The van der Waals surface area contributed by atoms with Gasteiger partial charge in [-0.1, -0.05) is 0 Å². The lowest BCUT2D eigenvalue weighted by Gasteiger charge is -2.04. The molecule has 0 unspecified atom stereocenters. The number of rotatable bonds is 3. The standard InChI is InChI=1S/C9H8BrF2NO/c10-8-2-1-6(12)5-7(8)9(14)13-4-3-11/h1-2,5H,3-4H2,(H,13,14). The van der Waals surface area contributed by atoms with Gasteiger partial charge in [-0.3, -0.25) is 4.79 Å². The summed E-state index contributed by atoms with van der Waals surface area (Å²) in [6, 6.07) is 3.76. The van der Waals surface area contributed by atoms with E-state index >= 15 is 0 Å². The Kier molecular flexibility index (Phi) is 4.00. The largest absolute Gasteiger partial charge is 0.349 e. The zero-order chi connectivity index (χ0) is 10.6. The molecule has 1 aromatic carbocycles. The molecule has 0 radical (unpaired) electrons. The number of alkyl halides is 1. The second-order valence-electron chi connectivity index (χ2n) is 2.57. The highest BCUT2D eigenvalue weighted by Crippen LogP contribution is 2.17. The summed E-state index contributed by atoms with van der Waals surface area (Å²) in [6.07, 6.45) is 0. The van der Waals surface area contributed by atoms with Gasteiger partial charge < -0.3 is 5.32 Å². The van der Waals surface area contributed by atoms with Crippen LogP contribution in [-0.2, 0) is 0 Å². The molecule has 5 heteroatoms. The molecule has 0 bridgehead atoms. The van der Waals surface area contributed by atoms with Crippen LogP contribution >= 0.6 is 15.9 Å². The van der Waals surface area contributed by atoms with E-state index in [1.165, 1.54) is 12.1 Å². The number of benzene rings is 1. The minimum absolute atomic E-state index is 0.0677. The van der Waals surface area contributed by atoms with E-state index in [4.69, 9.17) is 0 Å². The van der Waals surface area contributed by atoms with Gasteiger partial charge in [-0.05, 0) is 34.1 Å². The van der Waals surface area contributed by atoms with Crippen LogP contribution in [0.3, 0.4) is 0 Å². The zero-order valence-electron chi connectivity index (χ0n) is 7.19. The maximum Gasteiger partial charge on any atom is 0.252 e. The molecule has 14 heavy (non-hydrogen) atoms. The summed E-state index contributed by atoms with van der Waals surface area (Å²) in [5, 5.41) is 2.31. The lowest BCUT2D eigenvalue weighted by Crippen LogP contribution is -2.25. The van der Waals surface area contributed by atoms with E-state index in [2.05, 4.69) is 21.2 Å². The molecule has 0 fully saturated rings. The van der Waals surface area contributed by atoms with Gasteiger partial charge in [-0.2, -0.15) is 0 Å². The monoisotopic (exact) mass is 263 g/mol. The Morgan fingerprint density at radius 1 is 1.50 bits per heavy atom. The van der Waals surface area contributed by atoms with Crippen molar-refractivity contribution >= 4 is 21.8 Å². The summed E-state index contributed by atoms with van der Waals surface area (Å²) in [4.78, 5) is 11.3. The van der Waals surface area contributed by atoms with E-state index in [1.807, 2.05) is 0 Å². The van der Waals surface area contributed by atoms with Crippen LogP contribution in [0.1, 0.15) is 10.4 Å². The number of hydrogen-bond acceptors (Lipinski definition) is 1. The van der Waals surface area contributed by atoms with E-state index < -0.39 is 18.4 Å². The molecule has 0 saturated carbocycles. The number of carbonyl (C=O) groups excluding carboxylic acids is 1. The van der Waals surface area contributed by atoms with Gasteiger partial charge in [-0.15, -0.1) is 0 Å². The van der Waals surface area contributed by atoms with Gasteiger partial charge in [0, 0.05) is 11.0 Å².